The zero-order chi connectivity index (χ0) is 13.3. The summed E-state index contributed by atoms with van der Waals surface area (Å²) in [6.07, 6.45) is 0.694. The van der Waals surface area contributed by atoms with Gasteiger partial charge in [-0.05, 0) is 20.8 Å². The summed E-state index contributed by atoms with van der Waals surface area (Å²) in [5.41, 5.74) is 1.34. The molecule has 1 aliphatic heterocycles. The lowest BCUT2D eigenvalue weighted by Crippen LogP contribution is -2.56. The standard InChI is InChI=1S/C13H21N3O2.ClH/c1-5-11-12(10(4)15-18-11)13(17)16-6-8(2)14-9(3)7-16;/h8-9,14H,5-7H2,1-4H3;1H. The van der Waals surface area contributed by atoms with Gasteiger partial charge in [0.15, 0.2) is 0 Å². The van der Waals surface area contributed by atoms with E-state index >= 15 is 0 Å². The smallest absolute Gasteiger partial charge is 0.259 e. The summed E-state index contributed by atoms with van der Waals surface area (Å²) in [6, 6.07) is 0.644. The highest BCUT2D eigenvalue weighted by Gasteiger charge is 2.29. The Morgan fingerprint density at radius 1 is 1.42 bits per heavy atom. The van der Waals surface area contributed by atoms with Crippen LogP contribution >= 0.6 is 12.4 Å². The summed E-state index contributed by atoms with van der Waals surface area (Å²) in [6.45, 7) is 9.45. The summed E-state index contributed by atoms with van der Waals surface area (Å²) in [4.78, 5) is 14.4. The number of carbonyl (C=O) groups excluding carboxylic acids is 1. The molecule has 1 N–H and O–H groups in total. The van der Waals surface area contributed by atoms with Crippen LogP contribution in [0.5, 0.6) is 0 Å². The molecule has 2 heterocycles. The van der Waals surface area contributed by atoms with E-state index in [2.05, 4.69) is 24.3 Å². The summed E-state index contributed by atoms with van der Waals surface area (Å²) < 4.78 is 5.20. The van der Waals surface area contributed by atoms with Crippen LogP contribution in [0, 0.1) is 6.92 Å². The van der Waals surface area contributed by atoms with Gasteiger partial charge in [-0.15, -0.1) is 12.4 Å². The summed E-state index contributed by atoms with van der Waals surface area (Å²) in [5, 5.41) is 7.32. The van der Waals surface area contributed by atoms with Crippen molar-refractivity contribution in [2.24, 2.45) is 0 Å². The predicted molar refractivity (Wildman–Crippen MR) is 75.8 cm³/mol. The number of aryl methyl sites for hydroxylation is 2. The minimum absolute atomic E-state index is 0. The van der Waals surface area contributed by atoms with Gasteiger partial charge in [-0.25, -0.2) is 0 Å². The van der Waals surface area contributed by atoms with Crippen LogP contribution < -0.4 is 5.32 Å². The molecule has 1 aromatic heterocycles. The molecule has 1 aromatic rings. The number of rotatable bonds is 2. The van der Waals surface area contributed by atoms with Gasteiger partial charge in [0, 0.05) is 31.6 Å². The molecule has 6 heteroatoms. The highest BCUT2D eigenvalue weighted by atomic mass is 35.5. The number of nitrogens with zero attached hydrogens (tertiary/aromatic N) is 2. The first-order chi connectivity index (χ1) is 8.52. The van der Waals surface area contributed by atoms with Crippen LogP contribution in [0.4, 0.5) is 0 Å². The van der Waals surface area contributed by atoms with Crippen LogP contribution in [0.25, 0.3) is 0 Å². The number of piperazine rings is 1. The first-order valence-corrected chi connectivity index (χ1v) is 6.53. The summed E-state index contributed by atoms with van der Waals surface area (Å²) in [7, 11) is 0. The Morgan fingerprint density at radius 3 is 2.53 bits per heavy atom. The van der Waals surface area contributed by atoms with Crippen molar-refractivity contribution in [2.75, 3.05) is 13.1 Å². The number of carbonyl (C=O) groups is 1. The predicted octanol–water partition coefficient (Wildman–Crippen LogP) is 1.79. The third-order valence-electron chi connectivity index (χ3n) is 3.31. The fourth-order valence-corrected chi connectivity index (χ4v) is 2.58. The van der Waals surface area contributed by atoms with E-state index in [1.165, 1.54) is 0 Å². The second-order valence-corrected chi connectivity index (χ2v) is 5.10. The molecule has 0 spiro atoms. The van der Waals surface area contributed by atoms with Crippen molar-refractivity contribution in [3.05, 3.63) is 17.0 Å². The Balaban J connectivity index is 0.00000180. The van der Waals surface area contributed by atoms with Crippen molar-refractivity contribution < 1.29 is 9.32 Å². The number of aromatic nitrogens is 1. The highest BCUT2D eigenvalue weighted by Crippen LogP contribution is 2.18. The highest BCUT2D eigenvalue weighted by molar-refractivity contribution is 5.96. The molecule has 108 valence electrons. The molecule has 1 fully saturated rings. The summed E-state index contributed by atoms with van der Waals surface area (Å²) >= 11 is 0. The van der Waals surface area contributed by atoms with Crippen molar-refractivity contribution in [2.45, 2.75) is 46.2 Å². The van der Waals surface area contributed by atoms with Gasteiger partial charge in [0.2, 0.25) is 0 Å². The summed E-state index contributed by atoms with van der Waals surface area (Å²) in [5.74, 6) is 0.738. The lowest BCUT2D eigenvalue weighted by atomic mass is 10.1. The van der Waals surface area contributed by atoms with E-state index in [4.69, 9.17) is 4.52 Å². The van der Waals surface area contributed by atoms with E-state index in [0.717, 1.165) is 13.1 Å². The van der Waals surface area contributed by atoms with Gasteiger partial charge in [0.05, 0.1) is 5.69 Å². The Bertz CT molecular complexity index is 437. The number of hydrogen-bond donors (Lipinski definition) is 1. The van der Waals surface area contributed by atoms with Gasteiger partial charge in [-0.3, -0.25) is 4.79 Å². The van der Waals surface area contributed by atoms with E-state index in [1.54, 1.807) is 0 Å². The molecule has 2 unspecified atom stereocenters. The van der Waals surface area contributed by atoms with Crippen molar-refractivity contribution in [3.8, 4) is 0 Å². The van der Waals surface area contributed by atoms with Crippen LogP contribution in [-0.4, -0.2) is 41.1 Å². The van der Waals surface area contributed by atoms with Gasteiger partial charge >= 0.3 is 0 Å². The van der Waals surface area contributed by atoms with Gasteiger partial charge in [0.25, 0.3) is 5.91 Å². The molecule has 2 rings (SSSR count). The molecule has 0 aliphatic carbocycles. The maximum Gasteiger partial charge on any atom is 0.259 e. The second kappa shape index (κ2) is 6.39. The fourth-order valence-electron chi connectivity index (χ4n) is 2.58. The van der Waals surface area contributed by atoms with E-state index in [1.807, 2.05) is 18.7 Å². The van der Waals surface area contributed by atoms with Crippen molar-refractivity contribution in [3.63, 3.8) is 0 Å². The third kappa shape index (κ3) is 3.28. The van der Waals surface area contributed by atoms with E-state index in [9.17, 15) is 4.79 Å². The number of halogens is 1. The Kier molecular flexibility index (Phi) is 5.38. The quantitative estimate of drug-likeness (QED) is 0.901. The van der Waals surface area contributed by atoms with Crippen LogP contribution in [0.15, 0.2) is 4.52 Å². The monoisotopic (exact) mass is 287 g/mol. The molecular formula is C13H22ClN3O2. The lowest BCUT2D eigenvalue weighted by Gasteiger charge is -2.36. The first-order valence-electron chi connectivity index (χ1n) is 6.53. The number of amides is 1. The van der Waals surface area contributed by atoms with Crippen LogP contribution in [0.3, 0.4) is 0 Å². The Labute approximate surface area is 120 Å². The molecule has 0 bridgehead atoms. The average Bonchev–Trinajstić information content (AvgIpc) is 2.68. The second-order valence-electron chi connectivity index (χ2n) is 5.10. The molecule has 1 saturated heterocycles. The number of hydrogen-bond acceptors (Lipinski definition) is 4. The fraction of sp³-hybridized carbons (Fsp3) is 0.692. The van der Waals surface area contributed by atoms with Crippen molar-refractivity contribution in [1.82, 2.24) is 15.4 Å². The molecule has 5 nitrogen and oxygen atoms in total. The van der Waals surface area contributed by atoms with E-state index < -0.39 is 0 Å². The van der Waals surface area contributed by atoms with Gasteiger partial charge < -0.3 is 14.7 Å². The van der Waals surface area contributed by atoms with Gasteiger partial charge in [0.1, 0.15) is 11.3 Å². The zero-order valence-corrected chi connectivity index (χ0v) is 12.7. The lowest BCUT2D eigenvalue weighted by molar-refractivity contribution is 0.0671. The number of nitrogens with one attached hydrogen (secondary N) is 1. The first kappa shape index (κ1) is 16.0. The zero-order valence-electron chi connectivity index (χ0n) is 11.9. The maximum absolute atomic E-state index is 12.6. The molecule has 19 heavy (non-hydrogen) atoms. The Morgan fingerprint density at radius 2 is 2.00 bits per heavy atom. The molecule has 1 amide bonds. The largest absolute Gasteiger partial charge is 0.360 e. The Hall–Kier alpha value is -1.07. The van der Waals surface area contributed by atoms with Gasteiger partial charge in [-0.2, -0.15) is 0 Å². The SMILES string of the molecule is CCc1onc(C)c1C(=O)N1CC(C)NC(C)C1.Cl. The molecule has 0 saturated carbocycles. The molecular weight excluding hydrogens is 266 g/mol. The van der Waals surface area contributed by atoms with Crippen molar-refractivity contribution >= 4 is 18.3 Å². The molecule has 2 atom stereocenters. The molecule has 0 radical (unpaired) electrons. The third-order valence-corrected chi connectivity index (χ3v) is 3.31. The van der Waals surface area contributed by atoms with Crippen molar-refractivity contribution in [1.29, 1.82) is 0 Å². The van der Waals surface area contributed by atoms with Gasteiger partial charge in [-0.1, -0.05) is 12.1 Å². The minimum Gasteiger partial charge on any atom is -0.360 e. The van der Waals surface area contributed by atoms with Crippen LogP contribution in [0.1, 0.15) is 42.6 Å². The maximum atomic E-state index is 12.6. The topological polar surface area (TPSA) is 58.4 Å². The minimum atomic E-state index is 0. The van der Waals surface area contributed by atoms with E-state index in [0.29, 0.717) is 35.5 Å². The average molecular weight is 288 g/mol. The normalized spacial score (nSPS) is 23.1. The molecule has 1 aliphatic rings. The van der Waals surface area contributed by atoms with Crippen LogP contribution in [-0.2, 0) is 6.42 Å². The molecule has 0 aromatic carbocycles. The van der Waals surface area contributed by atoms with E-state index in [-0.39, 0.29) is 18.3 Å². The van der Waals surface area contributed by atoms with Crippen LogP contribution in [0.2, 0.25) is 0 Å².